The maximum atomic E-state index is 3.89. The average Bonchev–Trinajstić information content (AvgIpc) is 2.55. The van der Waals surface area contributed by atoms with Crippen LogP contribution in [0, 0.1) is 11.8 Å². The highest BCUT2D eigenvalue weighted by Crippen LogP contribution is 2.33. The summed E-state index contributed by atoms with van der Waals surface area (Å²) >= 11 is 0. The molecule has 2 aliphatic rings. The summed E-state index contributed by atoms with van der Waals surface area (Å²) in [6.07, 6.45) is 11.3. The molecule has 1 N–H and O–H groups in total. The van der Waals surface area contributed by atoms with Crippen molar-refractivity contribution < 1.29 is 0 Å². The van der Waals surface area contributed by atoms with E-state index in [4.69, 9.17) is 0 Å². The Balaban J connectivity index is 1.41. The van der Waals surface area contributed by atoms with Crippen LogP contribution in [0.15, 0.2) is 30.3 Å². The minimum Gasteiger partial charge on any atom is -0.314 e. The Morgan fingerprint density at radius 3 is 2.33 bits per heavy atom. The monoisotopic (exact) mass is 285 g/mol. The molecule has 0 aliphatic heterocycles. The van der Waals surface area contributed by atoms with Gasteiger partial charge in [-0.3, -0.25) is 0 Å². The zero-order valence-corrected chi connectivity index (χ0v) is 13.6. The summed E-state index contributed by atoms with van der Waals surface area (Å²) < 4.78 is 0. The topological polar surface area (TPSA) is 12.0 Å². The van der Waals surface area contributed by atoms with Gasteiger partial charge in [-0.05, 0) is 62.0 Å². The van der Waals surface area contributed by atoms with E-state index in [1.165, 1.54) is 57.9 Å². The van der Waals surface area contributed by atoms with Crippen LogP contribution in [0.1, 0.15) is 69.8 Å². The third-order valence-electron chi connectivity index (χ3n) is 5.96. The van der Waals surface area contributed by atoms with Crippen molar-refractivity contribution in [1.82, 2.24) is 5.32 Å². The van der Waals surface area contributed by atoms with Gasteiger partial charge in [0.05, 0.1) is 0 Å². The zero-order valence-electron chi connectivity index (χ0n) is 13.6. The Kier molecular flexibility index (Phi) is 5.35. The van der Waals surface area contributed by atoms with Crippen LogP contribution in [0.2, 0.25) is 0 Å². The molecule has 0 saturated heterocycles. The number of nitrogens with one attached hydrogen (secondary N) is 1. The maximum Gasteiger partial charge on any atom is 0.00676 e. The maximum absolute atomic E-state index is 3.89. The fourth-order valence-corrected chi connectivity index (χ4v) is 4.37. The van der Waals surface area contributed by atoms with E-state index in [1.54, 1.807) is 5.56 Å². The van der Waals surface area contributed by atoms with E-state index in [2.05, 4.69) is 42.6 Å². The van der Waals surface area contributed by atoms with Crippen LogP contribution < -0.4 is 5.32 Å². The first-order chi connectivity index (χ1) is 10.3. The number of hydrogen-bond donors (Lipinski definition) is 1. The molecule has 0 spiro atoms. The predicted octanol–water partition coefficient (Wildman–Crippen LogP) is 5.13. The van der Waals surface area contributed by atoms with Crippen molar-refractivity contribution in [3.63, 3.8) is 0 Å². The van der Waals surface area contributed by atoms with E-state index in [1.807, 2.05) is 0 Å². The van der Waals surface area contributed by atoms with Crippen molar-refractivity contribution in [1.29, 1.82) is 0 Å². The minimum atomic E-state index is 0.777. The van der Waals surface area contributed by atoms with Gasteiger partial charge in [-0.1, -0.05) is 56.5 Å². The van der Waals surface area contributed by atoms with E-state index in [9.17, 15) is 0 Å². The highest BCUT2D eigenvalue weighted by molar-refractivity contribution is 5.20. The highest BCUT2D eigenvalue weighted by Gasteiger charge is 2.25. The minimum absolute atomic E-state index is 0.777. The molecule has 0 amide bonds. The summed E-state index contributed by atoms with van der Waals surface area (Å²) in [5.74, 6) is 2.68. The zero-order chi connectivity index (χ0) is 14.5. The molecule has 1 heteroatoms. The highest BCUT2D eigenvalue weighted by atomic mass is 14.9. The van der Waals surface area contributed by atoms with Gasteiger partial charge < -0.3 is 5.32 Å². The quantitative estimate of drug-likeness (QED) is 0.808. The van der Waals surface area contributed by atoms with Crippen molar-refractivity contribution >= 4 is 0 Å². The van der Waals surface area contributed by atoms with Crippen LogP contribution in [0.4, 0.5) is 0 Å². The van der Waals surface area contributed by atoms with Gasteiger partial charge in [0, 0.05) is 6.04 Å². The summed E-state index contributed by atoms with van der Waals surface area (Å²) in [6, 6.07) is 11.9. The Morgan fingerprint density at radius 2 is 1.62 bits per heavy atom. The van der Waals surface area contributed by atoms with E-state index in [0.29, 0.717) is 0 Å². The SMILES string of the molecule is CC1CCCCC1CNC1CCC(c2ccccc2)CC1. The van der Waals surface area contributed by atoms with Crippen LogP contribution in [-0.4, -0.2) is 12.6 Å². The van der Waals surface area contributed by atoms with Gasteiger partial charge in [0.15, 0.2) is 0 Å². The Labute approximate surface area is 130 Å². The summed E-state index contributed by atoms with van der Waals surface area (Å²) in [6.45, 7) is 3.72. The van der Waals surface area contributed by atoms with Gasteiger partial charge >= 0.3 is 0 Å². The lowest BCUT2D eigenvalue weighted by molar-refractivity contribution is 0.229. The van der Waals surface area contributed by atoms with Crippen LogP contribution in [0.5, 0.6) is 0 Å². The summed E-state index contributed by atoms with van der Waals surface area (Å²) in [5.41, 5.74) is 1.55. The molecule has 2 unspecified atom stereocenters. The van der Waals surface area contributed by atoms with Gasteiger partial charge in [0.25, 0.3) is 0 Å². The first kappa shape index (κ1) is 15.1. The Morgan fingerprint density at radius 1 is 0.905 bits per heavy atom. The van der Waals surface area contributed by atoms with E-state index < -0.39 is 0 Å². The smallest absolute Gasteiger partial charge is 0.00676 e. The first-order valence-corrected chi connectivity index (χ1v) is 9.11. The number of hydrogen-bond acceptors (Lipinski definition) is 1. The van der Waals surface area contributed by atoms with Gasteiger partial charge in [-0.15, -0.1) is 0 Å². The fourth-order valence-electron chi connectivity index (χ4n) is 4.37. The lowest BCUT2D eigenvalue weighted by Gasteiger charge is -2.33. The second-order valence-electron chi connectivity index (χ2n) is 7.39. The fraction of sp³-hybridized carbons (Fsp3) is 0.700. The lowest BCUT2D eigenvalue weighted by atomic mass is 9.79. The molecular weight excluding hydrogens is 254 g/mol. The molecule has 0 radical (unpaired) electrons. The predicted molar refractivity (Wildman–Crippen MR) is 90.6 cm³/mol. The molecule has 0 aromatic heterocycles. The standard InChI is InChI=1S/C20H31N/c1-16-7-5-6-10-19(16)15-21-20-13-11-18(12-14-20)17-8-3-2-4-9-17/h2-4,8-9,16,18-21H,5-7,10-15H2,1H3. The van der Waals surface area contributed by atoms with E-state index >= 15 is 0 Å². The number of rotatable bonds is 4. The second kappa shape index (κ2) is 7.45. The van der Waals surface area contributed by atoms with Crippen LogP contribution in [-0.2, 0) is 0 Å². The number of benzene rings is 1. The van der Waals surface area contributed by atoms with Crippen LogP contribution >= 0.6 is 0 Å². The van der Waals surface area contributed by atoms with Crippen molar-refractivity contribution in [2.45, 2.75) is 70.3 Å². The van der Waals surface area contributed by atoms with Crippen molar-refractivity contribution in [2.75, 3.05) is 6.54 Å². The van der Waals surface area contributed by atoms with Crippen LogP contribution in [0.25, 0.3) is 0 Å². The van der Waals surface area contributed by atoms with E-state index in [0.717, 1.165) is 23.8 Å². The normalized spacial score (nSPS) is 33.8. The molecule has 1 aromatic carbocycles. The summed E-state index contributed by atoms with van der Waals surface area (Å²) in [7, 11) is 0. The molecule has 3 rings (SSSR count). The summed E-state index contributed by atoms with van der Waals surface area (Å²) in [5, 5.41) is 3.89. The Hall–Kier alpha value is -0.820. The van der Waals surface area contributed by atoms with Crippen molar-refractivity contribution in [3.05, 3.63) is 35.9 Å². The molecule has 0 bridgehead atoms. The molecule has 2 atom stereocenters. The molecule has 1 aromatic rings. The molecule has 21 heavy (non-hydrogen) atoms. The van der Waals surface area contributed by atoms with Gasteiger partial charge in [-0.2, -0.15) is 0 Å². The van der Waals surface area contributed by atoms with Crippen molar-refractivity contribution in [2.24, 2.45) is 11.8 Å². The van der Waals surface area contributed by atoms with Gasteiger partial charge in [0.2, 0.25) is 0 Å². The van der Waals surface area contributed by atoms with E-state index in [-0.39, 0.29) is 0 Å². The lowest BCUT2D eigenvalue weighted by Crippen LogP contribution is -2.38. The van der Waals surface area contributed by atoms with Gasteiger partial charge in [-0.25, -0.2) is 0 Å². The largest absolute Gasteiger partial charge is 0.314 e. The molecule has 116 valence electrons. The molecule has 2 saturated carbocycles. The Bertz CT molecular complexity index is 405. The third-order valence-corrected chi connectivity index (χ3v) is 5.96. The molecular formula is C20H31N. The molecule has 2 fully saturated rings. The summed E-state index contributed by atoms with van der Waals surface area (Å²) in [4.78, 5) is 0. The van der Waals surface area contributed by atoms with Gasteiger partial charge in [0.1, 0.15) is 0 Å². The van der Waals surface area contributed by atoms with Crippen LogP contribution in [0.3, 0.4) is 0 Å². The molecule has 1 nitrogen and oxygen atoms in total. The average molecular weight is 285 g/mol. The van der Waals surface area contributed by atoms with Crippen molar-refractivity contribution in [3.8, 4) is 0 Å². The molecule has 0 heterocycles. The third kappa shape index (κ3) is 4.10. The molecule has 2 aliphatic carbocycles. The first-order valence-electron chi connectivity index (χ1n) is 9.11. The second-order valence-corrected chi connectivity index (χ2v) is 7.39.